The van der Waals surface area contributed by atoms with Crippen molar-refractivity contribution in [2.75, 3.05) is 21.3 Å². The normalized spacial score (nSPS) is 10.1. The Morgan fingerprint density at radius 2 is 1.57 bits per heavy atom. The largest absolute Gasteiger partial charge is 0.493 e. The van der Waals surface area contributed by atoms with Gasteiger partial charge in [0, 0.05) is 10.0 Å². The maximum absolute atomic E-state index is 12.7. The van der Waals surface area contributed by atoms with Gasteiger partial charge >= 0.3 is 0 Å². The molecule has 0 amide bonds. The zero-order valence-corrected chi connectivity index (χ0v) is 13.6. The highest BCUT2D eigenvalue weighted by Gasteiger charge is 2.25. The lowest BCUT2D eigenvalue weighted by Crippen LogP contribution is -2.07. The molecule has 2 aromatic rings. The molecule has 0 saturated heterocycles. The third-order valence-electron chi connectivity index (χ3n) is 3.04. The van der Waals surface area contributed by atoms with Crippen LogP contribution >= 0.6 is 15.9 Å². The zero-order valence-electron chi connectivity index (χ0n) is 12.0. The summed E-state index contributed by atoms with van der Waals surface area (Å²) in [6, 6.07) is 10.7. The average molecular weight is 351 g/mol. The zero-order chi connectivity index (χ0) is 15.4. The highest BCUT2D eigenvalue weighted by Crippen LogP contribution is 2.44. The van der Waals surface area contributed by atoms with E-state index in [1.165, 1.54) is 21.3 Å². The monoisotopic (exact) mass is 350 g/mol. The number of methoxy groups -OCH3 is 3. The molecule has 4 nitrogen and oxygen atoms in total. The van der Waals surface area contributed by atoms with Crippen molar-refractivity contribution < 1.29 is 19.0 Å². The van der Waals surface area contributed by atoms with Crippen LogP contribution in [0.25, 0.3) is 0 Å². The van der Waals surface area contributed by atoms with Gasteiger partial charge in [-0.25, -0.2) is 0 Å². The number of ether oxygens (including phenoxy) is 3. The minimum atomic E-state index is -0.153. The molecule has 0 atom stereocenters. The molecule has 0 aliphatic heterocycles. The first-order valence-corrected chi connectivity index (χ1v) is 7.01. The third kappa shape index (κ3) is 2.88. The highest BCUT2D eigenvalue weighted by atomic mass is 79.9. The Balaban J connectivity index is 2.66. The fourth-order valence-electron chi connectivity index (χ4n) is 2.07. The molecular weight excluding hydrogens is 336 g/mol. The molecule has 0 saturated carbocycles. The van der Waals surface area contributed by atoms with Crippen molar-refractivity contribution in [3.8, 4) is 17.2 Å². The molecule has 0 spiro atoms. The van der Waals surface area contributed by atoms with Crippen LogP contribution in [-0.2, 0) is 0 Å². The summed E-state index contributed by atoms with van der Waals surface area (Å²) in [7, 11) is 4.53. The van der Waals surface area contributed by atoms with E-state index < -0.39 is 0 Å². The second-order valence-electron chi connectivity index (χ2n) is 4.20. The van der Waals surface area contributed by atoms with Gasteiger partial charge in [-0.3, -0.25) is 4.79 Å². The van der Waals surface area contributed by atoms with Crippen molar-refractivity contribution in [3.63, 3.8) is 0 Å². The summed E-state index contributed by atoms with van der Waals surface area (Å²) in [4.78, 5) is 12.7. The summed E-state index contributed by atoms with van der Waals surface area (Å²) in [6.45, 7) is 0. The van der Waals surface area contributed by atoms with E-state index >= 15 is 0 Å². The Morgan fingerprint density at radius 3 is 2.10 bits per heavy atom. The summed E-state index contributed by atoms with van der Waals surface area (Å²) < 4.78 is 16.5. The Morgan fingerprint density at radius 1 is 0.952 bits per heavy atom. The minimum absolute atomic E-state index is 0.153. The SMILES string of the molecule is COc1cc(Br)c(C(=O)c2ccccc2)c(OC)c1OC. The Labute approximate surface area is 131 Å². The van der Waals surface area contributed by atoms with Crippen molar-refractivity contribution in [1.29, 1.82) is 0 Å². The summed E-state index contributed by atoms with van der Waals surface area (Å²) in [6.07, 6.45) is 0. The average Bonchev–Trinajstić information content (AvgIpc) is 2.53. The summed E-state index contributed by atoms with van der Waals surface area (Å²) in [5.74, 6) is 1.08. The van der Waals surface area contributed by atoms with Gasteiger partial charge in [0.25, 0.3) is 0 Å². The van der Waals surface area contributed by atoms with Gasteiger partial charge in [0.2, 0.25) is 5.75 Å². The van der Waals surface area contributed by atoms with Gasteiger partial charge < -0.3 is 14.2 Å². The van der Waals surface area contributed by atoms with E-state index in [0.717, 1.165) is 0 Å². The van der Waals surface area contributed by atoms with Crippen LogP contribution in [0.15, 0.2) is 40.9 Å². The van der Waals surface area contributed by atoms with E-state index in [4.69, 9.17) is 14.2 Å². The first-order chi connectivity index (χ1) is 10.1. The Bertz CT molecular complexity index is 653. The van der Waals surface area contributed by atoms with Gasteiger partial charge in [-0.05, 0) is 22.0 Å². The lowest BCUT2D eigenvalue weighted by molar-refractivity contribution is 0.103. The quantitative estimate of drug-likeness (QED) is 0.771. The van der Waals surface area contributed by atoms with Crippen molar-refractivity contribution >= 4 is 21.7 Å². The number of hydrogen-bond donors (Lipinski definition) is 0. The fraction of sp³-hybridized carbons (Fsp3) is 0.188. The van der Waals surface area contributed by atoms with E-state index in [0.29, 0.717) is 32.8 Å². The van der Waals surface area contributed by atoms with Crippen LogP contribution in [0.5, 0.6) is 17.2 Å². The summed E-state index contributed by atoms with van der Waals surface area (Å²) in [5, 5.41) is 0. The van der Waals surface area contributed by atoms with E-state index in [9.17, 15) is 4.79 Å². The molecule has 5 heteroatoms. The molecule has 0 fully saturated rings. The van der Waals surface area contributed by atoms with Gasteiger partial charge in [0.05, 0.1) is 26.9 Å². The lowest BCUT2D eigenvalue weighted by Gasteiger charge is -2.16. The van der Waals surface area contributed by atoms with Crippen LogP contribution < -0.4 is 14.2 Å². The highest BCUT2D eigenvalue weighted by molar-refractivity contribution is 9.10. The predicted molar refractivity (Wildman–Crippen MR) is 83.7 cm³/mol. The Hall–Kier alpha value is -2.01. The van der Waals surface area contributed by atoms with Crippen LogP contribution in [0.1, 0.15) is 15.9 Å². The molecule has 110 valence electrons. The summed E-state index contributed by atoms with van der Waals surface area (Å²) >= 11 is 3.40. The molecule has 0 aliphatic carbocycles. The molecule has 0 heterocycles. The molecule has 0 unspecified atom stereocenters. The number of hydrogen-bond acceptors (Lipinski definition) is 4. The molecule has 0 radical (unpaired) electrons. The Kier molecular flexibility index (Phi) is 4.85. The number of halogens is 1. The van der Waals surface area contributed by atoms with Gasteiger partial charge in [-0.15, -0.1) is 0 Å². The lowest BCUT2D eigenvalue weighted by atomic mass is 10.0. The topological polar surface area (TPSA) is 44.8 Å². The van der Waals surface area contributed by atoms with E-state index in [-0.39, 0.29) is 5.78 Å². The molecule has 0 aliphatic rings. The van der Waals surface area contributed by atoms with Gasteiger partial charge in [0.1, 0.15) is 0 Å². The van der Waals surface area contributed by atoms with Gasteiger partial charge in [0.15, 0.2) is 17.3 Å². The van der Waals surface area contributed by atoms with Crippen LogP contribution in [0.2, 0.25) is 0 Å². The molecule has 0 aromatic heterocycles. The standard InChI is InChI=1S/C16H15BrO4/c1-19-12-9-11(17)13(16(21-3)15(12)20-2)14(18)10-7-5-4-6-8-10/h4-9H,1-3H3. The number of rotatable bonds is 5. The molecule has 2 rings (SSSR count). The maximum Gasteiger partial charge on any atom is 0.204 e. The smallest absolute Gasteiger partial charge is 0.204 e. The van der Waals surface area contributed by atoms with Crippen LogP contribution in [0, 0.1) is 0 Å². The van der Waals surface area contributed by atoms with Gasteiger partial charge in [-0.1, -0.05) is 30.3 Å². The van der Waals surface area contributed by atoms with E-state index in [2.05, 4.69) is 15.9 Å². The molecule has 0 N–H and O–H groups in total. The number of benzene rings is 2. The van der Waals surface area contributed by atoms with Crippen molar-refractivity contribution in [2.45, 2.75) is 0 Å². The van der Waals surface area contributed by atoms with Crippen LogP contribution in [0.4, 0.5) is 0 Å². The van der Waals surface area contributed by atoms with Crippen LogP contribution in [-0.4, -0.2) is 27.1 Å². The second kappa shape index (κ2) is 6.63. The van der Waals surface area contributed by atoms with Crippen molar-refractivity contribution in [1.82, 2.24) is 0 Å². The third-order valence-corrected chi connectivity index (χ3v) is 3.67. The first kappa shape index (κ1) is 15.4. The molecular formula is C16H15BrO4. The number of ketones is 1. The summed E-state index contributed by atoms with van der Waals surface area (Å²) in [5.41, 5.74) is 0.977. The number of carbonyl (C=O) groups is 1. The van der Waals surface area contributed by atoms with Crippen LogP contribution in [0.3, 0.4) is 0 Å². The van der Waals surface area contributed by atoms with Gasteiger partial charge in [-0.2, -0.15) is 0 Å². The molecule has 2 aromatic carbocycles. The first-order valence-electron chi connectivity index (χ1n) is 6.22. The van der Waals surface area contributed by atoms with E-state index in [1.54, 1.807) is 18.2 Å². The molecule has 0 bridgehead atoms. The maximum atomic E-state index is 12.7. The van der Waals surface area contributed by atoms with E-state index in [1.807, 2.05) is 18.2 Å². The second-order valence-corrected chi connectivity index (χ2v) is 5.05. The van der Waals surface area contributed by atoms with Crippen molar-refractivity contribution in [2.24, 2.45) is 0 Å². The molecule has 21 heavy (non-hydrogen) atoms. The minimum Gasteiger partial charge on any atom is -0.493 e. The predicted octanol–water partition coefficient (Wildman–Crippen LogP) is 3.71. The van der Waals surface area contributed by atoms with Crippen molar-refractivity contribution in [3.05, 3.63) is 52.0 Å². The number of carbonyl (C=O) groups excluding carboxylic acids is 1. The fourth-order valence-corrected chi connectivity index (χ4v) is 2.64.